The third-order valence-corrected chi connectivity index (χ3v) is 2.08. The van der Waals surface area contributed by atoms with Crippen LogP contribution in [0.1, 0.15) is 6.42 Å². The summed E-state index contributed by atoms with van der Waals surface area (Å²) in [7, 11) is 0. The van der Waals surface area contributed by atoms with Crippen molar-refractivity contribution in [2.24, 2.45) is 5.73 Å². The summed E-state index contributed by atoms with van der Waals surface area (Å²) >= 11 is -0.195. The molecule has 0 aromatic rings. The van der Waals surface area contributed by atoms with Gasteiger partial charge in [0.2, 0.25) is 5.91 Å². The SMILES string of the molecule is C#CCC(N)C(=O)NCCSC(F)(F)F. The van der Waals surface area contributed by atoms with Crippen molar-refractivity contribution < 1.29 is 18.0 Å². The van der Waals surface area contributed by atoms with Gasteiger partial charge in [-0.25, -0.2) is 0 Å². The third kappa shape index (κ3) is 8.15. The minimum atomic E-state index is -4.27. The van der Waals surface area contributed by atoms with Crippen LogP contribution in [0.5, 0.6) is 0 Å². The van der Waals surface area contributed by atoms with E-state index in [0.29, 0.717) is 0 Å². The normalized spacial score (nSPS) is 13.0. The van der Waals surface area contributed by atoms with Crippen molar-refractivity contribution in [3.05, 3.63) is 0 Å². The monoisotopic (exact) mass is 240 g/mol. The standard InChI is InChI=1S/C8H11F3N2OS/c1-2-3-6(12)7(14)13-4-5-15-8(9,10)11/h1,6H,3-5,12H2,(H,13,14). The van der Waals surface area contributed by atoms with Crippen molar-refractivity contribution in [1.29, 1.82) is 0 Å². The number of hydrogen-bond acceptors (Lipinski definition) is 3. The summed E-state index contributed by atoms with van der Waals surface area (Å²) in [4.78, 5) is 11.0. The molecule has 86 valence electrons. The van der Waals surface area contributed by atoms with Gasteiger partial charge in [0.05, 0.1) is 6.04 Å². The van der Waals surface area contributed by atoms with Gasteiger partial charge >= 0.3 is 5.51 Å². The second kappa shape index (κ2) is 6.58. The number of thioether (sulfide) groups is 1. The number of amides is 1. The topological polar surface area (TPSA) is 55.1 Å². The lowest BCUT2D eigenvalue weighted by Gasteiger charge is -2.10. The Labute approximate surface area is 90.0 Å². The second-order valence-electron chi connectivity index (χ2n) is 2.60. The maximum atomic E-state index is 11.7. The van der Waals surface area contributed by atoms with Gasteiger partial charge in [0.25, 0.3) is 0 Å². The molecule has 0 heterocycles. The third-order valence-electron chi connectivity index (χ3n) is 1.34. The molecular weight excluding hydrogens is 229 g/mol. The highest BCUT2D eigenvalue weighted by Gasteiger charge is 2.27. The van der Waals surface area contributed by atoms with E-state index in [1.165, 1.54) is 0 Å². The van der Waals surface area contributed by atoms with Crippen LogP contribution in [0, 0.1) is 12.3 Å². The average Bonchev–Trinajstić information content (AvgIpc) is 2.11. The second-order valence-corrected chi connectivity index (χ2v) is 3.76. The summed E-state index contributed by atoms with van der Waals surface area (Å²) in [5.41, 5.74) is 1.04. The number of terminal acetylenes is 1. The van der Waals surface area contributed by atoms with Gasteiger partial charge in [-0.3, -0.25) is 4.79 Å². The molecule has 3 nitrogen and oxygen atoms in total. The molecule has 7 heteroatoms. The summed E-state index contributed by atoms with van der Waals surface area (Å²) in [6.07, 6.45) is 4.98. The van der Waals surface area contributed by atoms with Gasteiger partial charge < -0.3 is 11.1 Å². The van der Waals surface area contributed by atoms with Crippen molar-refractivity contribution in [3.8, 4) is 12.3 Å². The van der Waals surface area contributed by atoms with Crippen LogP contribution < -0.4 is 11.1 Å². The summed E-state index contributed by atoms with van der Waals surface area (Å²) in [6, 6.07) is -0.856. The first-order valence-electron chi connectivity index (χ1n) is 4.04. The Kier molecular flexibility index (Phi) is 6.20. The fourth-order valence-corrected chi connectivity index (χ4v) is 1.13. The van der Waals surface area contributed by atoms with E-state index in [2.05, 4.69) is 11.2 Å². The number of nitrogens with two attached hydrogens (primary N) is 1. The molecule has 1 atom stereocenters. The molecule has 15 heavy (non-hydrogen) atoms. The number of hydrogen-bond donors (Lipinski definition) is 2. The van der Waals surface area contributed by atoms with Gasteiger partial charge in [0.15, 0.2) is 0 Å². The van der Waals surface area contributed by atoms with E-state index in [9.17, 15) is 18.0 Å². The van der Waals surface area contributed by atoms with E-state index in [-0.39, 0.29) is 30.5 Å². The minimum Gasteiger partial charge on any atom is -0.354 e. The Balaban J connectivity index is 3.61. The van der Waals surface area contributed by atoms with Crippen LogP contribution in [0.15, 0.2) is 0 Å². The molecule has 0 radical (unpaired) electrons. The number of carbonyl (C=O) groups is 1. The van der Waals surface area contributed by atoms with E-state index in [1.807, 2.05) is 0 Å². The van der Waals surface area contributed by atoms with Gasteiger partial charge in [0.1, 0.15) is 0 Å². The van der Waals surface area contributed by atoms with Gasteiger partial charge in [-0.2, -0.15) is 13.2 Å². The highest BCUT2D eigenvalue weighted by Crippen LogP contribution is 2.29. The van der Waals surface area contributed by atoms with Crippen LogP contribution in [0.4, 0.5) is 13.2 Å². The number of halogens is 3. The molecular formula is C8H11F3N2OS. The van der Waals surface area contributed by atoms with Crippen LogP contribution in [0.2, 0.25) is 0 Å². The maximum Gasteiger partial charge on any atom is 0.441 e. The highest BCUT2D eigenvalue weighted by atomic mass is 32.2. The fraction of sp³-hybridized carbons (Fsp3) is 0.625. The Hall–Kier alpha value is -0.870. The lowest BCUT2D eigenvalue weighted by atomic mass is 10.2. The van der Waals surface area contributed by atoms with Crippen LogP contribution in [-0.2, 0) is 4.79 Å². The first-order valence-corrected chi connectivity index (χ1v) is 5.03. The van der Waals surface area contributed by atoms with Crippen molar-refractivity contribution in [3.63, 3.8) is 0 Å². The molecule has 0 aromatic heterocycles. The molecule has 0 aliphatic rings. The van der Waals surface area contributed by atoms with Crippen molar-refractivity contribution in [2.45, 2.75) is 18.0 Å². The zero-order valence-corrected chi connectivity index (χ0v) is 8.62. The summed E-state index contributed by atoms with van der Waals surface area (Å²) < 4.78 is 35.0. The number of rotatable bonds is 5. The predicted molar refractivity (Wildman–Crippen MR) is 52.9 cm³/mol. The van der Waals surface area contributed by atoms with Gasteiger partial charge in [0, 0.05) is 18.7 Å². The van der Waals surface area contributed by atoms with Crippen LogP contribution in [0.25, 0.3) is 0 Å². The summed E-state index contributed by atoms with van der Waals surface area (Å²) in [6.45, 7) is -0.0821. The lowest BCUT2D eigenvalue weighted by molar-refractivity contribution is -0.122. The molecule has 0 aromatic carbocycles. The predicted octanol–water partition coefficient (Wildman–Crippen LogP) is 0.706. The Morgan fingerprint density at radius 3 is 2.67 bits per heavy atom. The molecule has 0 aliphatic heterocycles. The van der Waals surface area contributed by atoms with E-state index in [4.69, 9.17) is 12.2 Å². The maximum absolute atomic E-state index is 11.7. The van der Waals surface area contributed by atoms with E-state index < -0.39 is 17.5 Å². The molecule has 0 rings (SSSR count). The molecule has 0 saturated carbocycles. The van der Waals surface area contributed by atoms with E-state index in [0.717, 1.165) is 0 Å². The Morgan fingerprint density at radius 2 is 2.20 bits per heavy atom. The van der Waals surface area contributed by atoms with Crippen molar-refractivity contribution in [2.75, 3.05) is 12.3 Å². The molecule has 1 unspecified atom stereocenters. The van der Waals surface area contributed by atoms with Gasteiger partial charge in [-0.05, 0) is 11.8 Å². The number of nitrogens with one attached hydrogen (secondary N) is 1. The highest BCUT2D eigenvalue weighted by molar-refractivity contribution is 8.00. The first-order chi connectivity index (χ1) is 6.87. The molecule has 0 fully saturated rings. The number of alkyl halides is 3. The molecule has 0 aliphatic carbocycles. The Bertz CT molecular complexity index is 249. The zero-order valence-electron chi connectivity index (χ0n) is 7.80. The molecule has 1 amide bonds. The lowest BCUT2D eigenvalue weighted by Crippen LogP contribution is -2.41. The van der Waals surface area contributed by atoms with Crippen molar-refractivity contribution >= 4 is 17.7 Å². The first kappa shape index (κ1) is 14.1. The Morgan fingerprint density at radius 1 is 1.60 bits per heavy atom. The zero-order chi connectivity index (χ0) is 11.9. The van der Waals surface area contributed by atoms with Crippen LogP contribution >= 0.6 is 11.8 Å². The van der Waals surface area contributed by atoms with E-state index >= 15 is 0 Å². The van der Waals surface area contributed by atoms with Gasteiger partial charge in [-0.15, -0.1) is 12.3 Å². The van der Waals surface area contributed by atoms with Gasteiger partial charge in [-0.1, -0.05) is 0 Å². The molecule has 0 saturated heterocycles. The fourth-order valence-electron chi connectivity index (χ4n) is 0.692. The molecule has 0 bridgehead atoms. The van der Waals surface area contributed by atoms with Crippen LogP contribution in [-0.4, -0.2) is 29.8 Å². The molecule has 0 spiro atoms. The summed E-state index contributed by atoms with van der Waals surface area (Å²) in [5, 5.41) is 2.26. The van der Waals surface area contributed by atoms with Crippen molar-refractivity contribution in [1.82, 2.24) is 5.32 Å². The molecule has 3 N–H and O–H groups in total. The average molecular weight is 240 g/mol. The largest absolute Gasteiger partial charge is 0.441 e. The summed E-state index contributed by atoms with van der Waals surface area (Å²) in [5.74, 6) is 1.42. The minimum absolute atomic E-state index is 0.0677. The number of carbonyl (C=O) groups excluding carboxylic acids is 1. The quantitative estimate of drug-likeness (QED) is 0.549. The van der Waals surface area contributed by atoms with Crippen LogP contribution in [0.3, 0.4) is 0 Å². The smallest absolute Gasteiger partial charge is 0.354 e. The van der Waals surface area contributed by atoms with E-state index in [1.54, 1.807) is 0 Å².